The van der Waals surface area contributed by atoms with Gasteiger partial charge in [0, 0.05) is 5.56 Å². The number of benzene rings is 1. The minimum Gasteiger partial charge on any atom is -0.471 e. The number of hydrogen-bond acceptors (Lipinski definition) is 5. The molecule has 1 aromatic carbocycles. The van der Waals surface area contributed by atoms with Crippen molar-refractivity contribution in [3.8, 4) is 0 Å². The maximum Gasteiger partial charge on any atom is 0.367 e. The van der Waals surface area contributed by atoms with E-state index in [0.29, 0.717) is 10.6 Å². The first-order valence-corrected chi connectivity index (χ1v) is 5.82. The van der Waals surface area contributed by atoms with Crippen molar-refractivity contribution in [2.45, 2.75) is 6.92 Å². The largest absolute Gasteiger partial charge is 0.471 e. The number of hydrogen-bond donors (Lipinski definition) is 0. The number of imide groups is 1. The molecule has 0 fully saturated rings. The fourth-order valence-corrected chi connectivity index (χ4v) is 1.95. The quantitative estimate of drug-likeness (QED) is 0.780. The molecule has 100 valence electrons. The number of furan rings is 1. The Kier molecular flexibility index (Phi) is 2.64. The van der Waals surface area contributed by atoms with E-state index in [0.717, 1.165) is 0 Å². The highest BCUT2D eigenvalue weighted by Gasteiger charge is 2.39. The Morgan fingerprint density at radius 3 is 2.20 bits per heavy atom. The predicted molar refractivity (Wildman–Crippen MR) is 65.8 cm³/mol. The first-order valence-electron chi connectivity index (χ1n) is 5.82. The molecule has 0 saturated carbocycles. The van der Waals surface area contributed by atoms with Crippen molar-refractivity contribution >= 4 is 17.8 Å². The van der Waals surface area contributed by atoms with E-state index in [1.165, 1.54) is 24.7 Å². The second-order valence-corrected chi connectivity index (χ2v) is 4.30. The van der Waals surface area contributed by atoms with Gasteiger partial charge in [0.2, 0.25) is 0 Å². The number of nitrogens with zero attached hydrogens (tertiary/aromatic N) is 1. The van der Waals surface area contributed by atoms with E-state index in [-0.39, 0.29) is 16.7 Å². The summed E-state index contributed by atoms with van der Waals surface area (Å²) >= 11 is 0. The SMILES string of the molecule is Cc1cocc1C(=O)ON1C(=O)c2ccccc2C1=O. The molecule has 2 amide bonds. The highest BCUT2D eigenvalue weighted by molar-refractivity contribution is 6.21. The molecule has 1 aliphatic heterocycles. The number of carbonyl (C=O) groups excluding carboxylic acids is 3. The standard InChI is InChI=1S/C14H9NO5/c1-8-6-19-7-11(8)14(18)20-15-12(16)9-4-2-3-5-10(9)13(15)17/h2-7H,1H3. The average molecular weight is 271 g/mol. The summed E-state index contributed by atoms with van der Waals surface area (Å²) in [6, 6.07) is 6.28. The number of fused-ring (bicyclic) bond motifs is 1. The number of rotatable bonds is 2. The van der Waals surface area contributed by atoms with Gasteiger partial charge in [-0.3, -0.25) is 9.59 Å². The van der Waals surface area contributed by atoms with Gasteiger partial charge in [-0.1, -0.05) is 17.2 Å². The summed E-state index contributed by atoms with van der Waals surface area (Å²) in [4.78, 5) is 40.8. The highest BCUT2D eigenvalue weighted by Crippen LogP contribution is 2.23. The van der Waals surface area contributed by atoms with Crippen LogP contribution in [0.4, 0.5) is 0 Å². The zero-order valence-corrected chi connectivity index (χ0v) is 10.5. The minimum absolute atomic E-state index is 0.168. The molecule has 20 heavy (non-hydrogen) atoms. The fraction of sp³-hybridized carbons (Fsp3) is 0.0714. The van der Waals surface area contributed by atoms with Gasteiger partial charge in [0.1, 0.15) is 11.8 Å². The topological polar surface area (TPSA) is 76.8 Å². The predicted octanol–water partition coefficient (Wildman–Crippen LogP) is 1.96. The lowest BCUT2D eigenvalue weighted by Crippen LogP contribution is -2.32. The molecule has 0 spiro atoms. The van der Waals surface area contributed by atoms with Crippen LogP contribution < -0.4 is 0 Å². The summed E-state index contributed by atoms with van der Waals surface area (Å²) in [5.41, 5.74) is 1.16. The van der Waals surface area contributed by atoms with Crippen LogP contribution in [0, 0.1) is 6.92 Å². The Morgan fingerprint density at radius 1 is 1.10 bits per heavy atom. The van der Waals surface area contributed by atoms with Crippen LogP contribution in [-0.4, -0.2) is 22.8 Å². The third kappa shape index (κ3) is 1.70. The summed E-state index contributed by atoms with van der Waals surface area (Å²) in [5, 5.41) is 0.472. The average Bonchev–Trinajstić information content (AvgIpc) is 2.97. The van der Waals surface area contributed by atoms with E-state index < -0.39 is 17.8 Å². The van der Waals surface area contributed by atoms with Crippen molar-refractivity contribution < 1.29 is 23.6 Å². The van der Waals surface area contributed by atoms with Crippen LogP contribution in [0.25, 0.3) is 0 Å². The Bertz CT molecular complexity index is 696. The van der Waals surface area contributed by atoms with E-state index in [4.69, 9.17) is 9.25 Å². The van der Waals surface area contributed by atoms with E-state index in [9.17, 15) is 14.4 Å². The molecule has 2 heterocycles. The zero-order chi connectivity index (χ0) is 14.3. The van der Waals surface area contributed by atoms with Crippen molar-refractivity contribution in [2.75, 3.05) is 0 Å². The molecule has 0 atom stereocenters. The Labute approximate surface area is 113 Å². The molecule has 0 radical (unpaired) electrons. The molecular formula is C14H9NO5. The van der Waals surface area contributed by atoms with Gasteiger partial charge in [-0.25, -0.2) is 4.79 Å². The van der Waals surface area contributed by atoms with Crippen molar-refractivity contribution in [1.29, 1.82) is 0 Å². The lowest BCUT2D eigenvalue weighted by atomic mass is 10.1. The molecule has 6 heteroatoms. The molecule has 3 rings (SSSR count). The normalized spacial score (nSPS) is 13.6. The van der Waals surface area contributed by atoms with Gasteiger partial charge in [-0.05, 0) is 19.1 Å². The maximum absolute atomic E-state index is 12.0. The lowest BCUT2D eigenvalue weighted by Gasteiger charge is -2.11. The molecule has 0 bridgehead atoms. The number of aryl methyl sites for hydroxylation is 1. The van der Waals surface area contributed by atoms with Crippen LogP contribution in [0.5, 0.6) is 0 Å². The van der Waals surface area contributed by atoms with Gasteiger partial charge < -0.3 is 9.25 Å². The Morgan fingerprint density at radius 2 is 1.70 bits per heavy atom. The Balaban J connectivity index is 1.87. The third-order valence-corrected chi connectivity index (χ3v) is 3.01. The first-order chi connectivity index (χ1) is 9.59. The summed E-state index contributed by atoms with van der Waals surface area (Å²) < 4.78 is 4.86. The summed E-state index contributed by atoms with van der Waals surface area (Å²) in [6.45, 7) is 1.66. The highest BCUT2D eigenvalue weighted by atomic mass is 16.7. The summed E-state index contributed by atoms with van der Waals surface area (Å²) in [7, 11) is 0. The molecule has 6 nitrogen and oxygen atoms in total. The molecule has 2 aromatic rings. The molecule has 0 saturated heterocycles. The van der Waals surface area contributed by atoms with Gasteiger partial charge >= 0.3 is 5.97 Å². The summed E-state index contributed by atoms with van der Waals surface area (Å²) in [5.74, 6) is -2.12. The van der Waals surface area contributed by atoms with E-state index >= 15 is 0 Å². The van der Waals surface area contributed by atoms with E-state index in [1.54, 1.807) is 19.1 Å². The van der Waals surface area contributed by atoms with Crippen molar-refractivity contribution in [2.24, 2.45) is 0 Å². The monoisotopic (exact) mass is 271 g/mol. The van der Waals surface area contributed by atoms with Crippen LogP contribution in [0.1, 0.15) is 36.6 Å². The smallest absolute Gasteiger partial charge is 0.367 e. The molecule has 0 unspecified atom stereocenters. The fourth-order valence-electron chi connectivity index (χ4n) is 1.95. The molecule has 1 aliphatic rings. The van der Waals surface area contributed by atoms with Crippen molar-refractivity contribution in [3.63, 3.8) is 0 Å². The third-order valence-electron chi connectivity index (χ3n) is 3.01. The zero-order valence-electron chi connectivity index (χ0n) is 10.5. The maximum atomic E-state index is 12.0. The van der Waals surface area contributed by atoms with Crippen molar-refractivity contribution in [1.82, 2.24) is 5.06 Å². The molecule has 1 aromatic heterocycles. The van der Waals surface area contributed by atoms with Gasteiger partial charge in [-0.2, -0.15) is 0 Å². The van der Waals surface area contributed by atoms with Gasteiger partial charge in [0.25, 0.3) is 11.8 Å². The molecule has 0 N–H and O–H groups in total. The second-order valence-electron chi connectivity index (χ2n) is 4.30. The van der Waals surface area contributed by atoms with Crippen LogP contribution in [0.15, 0.2) is 41.2 Å². The van der Waals surface area contributed by atoms with Gasteiger partial charge in [0.05, 0.1) is 17.4 Å². The van der Waals surface area contributed by atoms with E-state index in [1.807, 2.05) is 0 Å². The Hall–Kier alpha value is -2.89. The minimum atomic E-state index is -0.814. The van der Waals surface area contributed by atoms with Crippen LogP contribution in [0.3, 0.4) is 0 Å². The van der Waals surface area contributed by atoms with Crippen LogP contribution in [0.2, 0.25) is 0 Å². The van der Waals surface area contributed by atoms with Crippen LogP contribution >= 0.6 is 0 Å². The lowest BCUT2D eigenvalue weighted by molar-refractivity contribution is -0.0585. The van der Waals surface area contributed by atoms with Crippen molar-refractivity contribution in [3.05, 3.63) is 59.0 Å². The second kappa shape index (κ2) is 4.34. The summed E-state index contributed by atoms with van der Waals surface area (Å²) in [6.07, 6.45) is 2.58. The van der Waals surface area contributed by atoms with E-state index in [2.05, 4.69) is 0 Å². The molecular weight excluding hydrogens is 262 g/mol. The number of hydroxylamine groups is 2. The molecule has 0 aliphatic carbocycles. The van der Waals surface area contributed by atoms with Gasteiger partial charge in [-0.15, -0.1) is 0 Å². The van der Waals surface area contributed by atoms with Crippen LogP contribution in [-0.2, 0) is 4.84 Å². The van der Waals surface area contributed by atoms with Gasteiger partial charge in [0.15, 0.2) is 0 Å². The number of amides is 2. The first kappa shape index (κ1) is 12.2. The number of carbonyl (C=O) groups is 3.